The Labute approximate surface area is 93.4 Å². The molecule has 1 atom stereocenters. The highest BCUT2D eigenvalue weighted by Crippen LogP contribution is 2.41. The second kappa shape index (κ2) is 4.42. The van der Waals surface area contributed by atoms with Crippen LogP contribution in [-0.2, 0) is 0 Å². The van der Waals surface area contributed by atoms with Crippen LogP contribution in [0.1, 0.15) is 38.5 Å². The molecule has 1 aliphatic carbocycles. The largest absolute Gasteiger partial charge is 0.317 e. The number of likely N-dealkylation sites (tertiary alicyclic amines) is 1. The van der Waals surface area contributed by atoms with Gasteiger partial charge in [-0.15, -0.1) is 0 Å². The van der Waals surface area contributed by atoms with Gasteiger partial charge in [-0.05, 0) is 70.0 Å². The second-order valence-electron chi connectivity index (χ2n) is 5.72. The Morgan fingerprint density at radius 1 is 0.867 bits per heavy atom. The van der Waals surface area contributed by atoms with E-state index in [4.69, 9.17) is 0 Å². The topological polar surface area (TPSA) is 15.3 Å². The lowest BCUT2D eigenvalue weighted by Gasteiger charge is -2.40. The number of rotatable bonds is 2. The Kier molecular flexibility index (Phi) is 2.98. The van der Waals surface area contributed by atoms with Gasteiger partial charge in [-0.3, -0.25) is 0 Å². The average Bonchev–Trinajstić information content (AvgIpc) is 3.14. The first-order chi connectivity index (χ1) is 7.43. The van der Waals surface area contributed by atoms with Crippen molar-refractivity contribution in [3.63, 3.8) is 0 Å². The lowest BCUT2D eigenvalue weighted by Crippen LogP contribution is -2.47. The first kappa shape index (κ1) is 10.1. The molecule has 1 saturated carbocycles. The maximum absolute atomic E-state index is 3.47. The molecule has 0 spiro atoms. The van der Waals surface area contributed by atoms with Crippen molar-refractivity contribution in [3.05, 3.63) is 0 Å². The van der Waals surface area contributed by atoms with E-state index >= 15 is 0 Å². The normalized spacial score (nSPS) is 35.6. The quantitative estimate of drug-likeness (QED) is 0.745. The van der Waals surface area contributed by atoms with Crippen LogP contribution in [0.15, 0.2) is 0 Å². The van der Waals surface area contributed by atoms with Gasteiger partial charge in [-0.2, -0.15) is 0 Å². The van der Waals surface area contributed by atoms with E-state index in [1.54, 1.807) is 0 Å². The van der Waals surface area contributed by atoms with Crippen LogP contribution < -0.4 is 5.32 Å². The summed E-state index contributed by atoms with van der Waals surface area (Å²) in [5, 5.41) is 3.47. The lowest BCUT2D eigenvalue weighted by molar-refractivity contribution is 0.0948. The molecule has 0 aromatic heterocycles. The Morgan fingerprint density at radius 2 is 1.67 bits per heavy atom. The summed E-state index contributed by atoms with van der Waals surface area (Å²) in [6, 6.07) is 0.910. The van der Waals surface area contributed by atoms with Crippen LogP contribution in [0.5, 0.6) is 0 Å². The van der Waals surface area contributed by atoms with E-state index in [1.165, 1.54) is 64.7 Å². The smallest absolute Gasteiger partial charge is 0.0119 e. The monoisotopic (exact) mass is 208 g/mol. The van der Waals surface area contributed by atoms with Crippen molar-refractivity contribution in [1.82, 2.24) is 10.2 Å². The van der Waals surface area contributed by atoms with Gasteiger partial charge in [0.15, 0.2) is 0 Å². The summed E-state index contributed by atoms with van der Waals surface area (Å²) in [5.41, 5.74) is 0. The molecule has 0 bridgehead atoms. The molecule has 2 aliphatic heterocycles. The molecule has 0 unspecified atom stereocenters. The summed E-state index contributed by atoms with van der Waals surface area (Å²) < 4.78 is 0. The molecular formula is C13H24N2. The molecule has 2 heteroatoms. The van der Waals surface area contributed by atoms with Gasteiger partial charge >= 0.3 is 0 Å². The molecule has 15 heavy (non-hydrogen) atoms. The summed E-state index contributed by atoms with van der Waals surface area (Å²) in [5.74, 6) is 2.18. The molecule has 1 N–H and O–H groups in total. The van der Waals surface area contributed by atoms with Crippen molar-refractivity contribution in [3.8, 4) is 0 Å². The molecule has 0 aromatic rings. The van der Waals surface area contributed by atoms with Gasteiger partial charge in [0.25, 0.3) is 0 Å². The fourth-order valence-corrected chi connectivity index (χ4v) is 3.50. The zero-order valence-electron chi connectivity index (χ0n) is 9.75. The summed E-state index contributed by atoms with van der Waals surface area (Å²) in [7, 11) is 0. The summed E-state index contributed by atoms with van der Waals surface area (Å²) >= 11 is 0. The summed E-state index contributed by atoms with van der Waals surface area (Å²) in [6.07, 6.45) is 8.82. The molecule has 0 amide bonds. The van der Waals surface area contributed by atoms with Crippen molar-refractivity contribution in [1.29, 1.82) is 0 Å². The van der Waals surface area contributed by atoms with Crippen LogP contribution >= 0.6 is 0 Å². The van der Waals surface area contributed by atoms with Crippen LogP contribution in [0.3, 0.4) is 0 Å². The SMILES string of the molecule is C1C[C@H](C2CC2)CN(C2CCNCC2)C1. The maximum Gasteiger partial charge on any atom is 0.0119 e. The highest BCUT2D eigenvalue weighted by molar-refractivity contribution is 4.89. The third-order valence-electron chi connectivity index (χ3n) is 4.60. The summed E-state index contributed by atoms with van der Waals surface area (Å²) in [4.78, 5) is 2.81. The Balaban J connectivity index is 1.55. The molecular weight excluding hydrogens is 184 g/mol. The van der Waals surface area contributed by atoms with Gasteiger partial charge in [0.1, 0.15) is 0 Å². The molecule has 0 aromatic carbocycles. The van der Waals surface area contributed by atoms with Crippen LogP contribution in [-0.4, -0.2) is 37.1 Å². The zero-order valence-corrected chi connectivity index (χ0v) is 9.75. The fourth-order valence-electron chi connectivity index (χ4n) is 3.50. The molecule has 3 fully saturated rings. The van der Waals surface area contributed by atoms with E-state index in [-0.39, 0.29) is 0 Å². The Bertz CT molecular complexity index is 207. The molecule has 3 rings (SSSR count). The number of nitrogens with zero attached hydrogens (tertiary/aromatic N) is 1. The number of hydrogen-bond donors (Lipinski definition) is 1. The highest BCUT2D eigenvalue weighted by atomic mass is 15.2. The van der Waals surface area contributed by atoms with Crippen molar-refractivity contribution in [2.45, 2.75) is 44.6 Å². The minimum atomic E-state index is 0.910. The standard InChI is InChI=1S/C13H24N2/c1-2-12(11-3-4-11)10-15(9-1)13-5-7-14-8-6-13/h11-14H,1-10H2/t12-/m0/s1. The highest BCUT2D eigenvalue weighted by Gasteiger charge is 2.35. The fraction of sp³-hybridized carbons (Fsp3) is 1.00. The average molecular weight is 208 g/mol. The van der Waals surface area contributed by atoms with Crippen LogP contribution in [0.4, 0.5) is 0 Å². The Hall–Kier alpha value is -0.0800. The van der Waals surface area contributed by atoms with Gasteiger partial charge in [-0.1, -0.05) is 0 Å². The van der Waals surface area contributed by atoms with Gasteiger partial charge in [0, 0.05) is 12.6 Å². The van der Waals surface area contributed by atoms with E-state index in [0.29, 0.717) is 0 Å². The zero-order chi connectivity index (χ0) is 10.1. The first-order valence-corrected chi connectivity index (χ1v) is 6.88. The molecule has 2 nitrogen and oxygen atoms in total. The minimum Gasteiger partial charge on any atom is -0.317 e. The summed E-state index contributed by atoms with van der Waals surface area (Å²) in [6.45, 7) is 5.30. The van der Waals surface area contributed by atoms with E-state index in [9.17, 15) is 0 Å². The third kappa shape index (κ3) is 2.36. The van der Waals surface area contributed by atoms with Crippen molar-refractivity contribution < 1.29 is 0 Å². The molecule has 0 radical (unpaired) electrons. The molecule has 3 aliphatic rings. The number of nitrogens with one attached hydrogen (secondary N) is 1. The van der Waals surface area contributed by atoms with Gasteiger partial charge < -0.3 is 10.2 Å². The third-order valence-corrected chi connectivity index (χ3v) is 4.60. The molecule has 2 heterocycles. The number of hydrogen-bond acceptors (Lipinski definition) is 2. The second-order valence-corrected chi connectivity index (χ2v) is 5.72. The van der Waals surface area contributed by atoms with Gasteiger partial charge in [0.2, 0.25) is 0 Å². The van der Waals surface area contributed by atoms with E-state index in [1.807, 2.05) is 0 Å². The van der Waals surface area contributed by atoms with Gasteiger partial charge in [0.05, 0.1) is 0 Å². The molecule has 86 valence electrons. The van der Waals surface area contributed by atoms with E-state index in [0.717, 1.165) is 17.9 Å². The minimum absolute atomic E-state index is 0.910. The van der Waals surface area contributed by atoms with Crippen molar-refractivity contribution in [2.75, 3.05) is 26.2 Å². The van der Waals surface area contributed by atoms with E-state index < -0.39 is 0 Å². The van der Waals surface area contributed by atoms with Crippen molar-refractivity contribution >= 4 is 0 Å². The molecule has 2 saturated heterocycles. The first-order valence-electron chi connectivity index (χ1n) is 6.88. The van der Waals surface area contributed by atoms with E-state index in [2.05, 4.69) is 10.2 Å². The van der Waals surface area contributed by atoms with Crippen LogP contribution in [0.2, 0.25) is 0 Å². The van der Waals surface area contributed by atoms with Gasteiger partial charge in [-0.25, -0.2) is 0 Å². The van der Waals surface area contributed by atoms with Crippen LogP contribution in [0.25, 0.3) is 0 Å². The number of piperidine rings is 2. The maximum atomic E-state index is 3.47. The predicted octanol–water partition coefficient (Wildman–Crippen LogP) is 1.86. The van der Waals surface area contributed by atoms with Crippen LogP contribution in [0, 0.1) is 11.8 Å². The Morgan fingerprint density at radius 3 is 2.40 bits per heavy atom. The van der Waals surface area contributed by atoms with Crippen molar-refractivity contribution in [2.24, 2.45) is 11.8 Å². The predicted molar refractivity (Wildman–Crippen MR) is 62.9 cm³/mol. The lowest BCUT2D eigenvalue weighted by atomic mass is 9.91.